The third kappa shape index (κ3) is 3.04. The van der Waals surface area contributed by atoms with Crippen LogP contribution in [0.5, 0.6) is 0 Å². The topological polar surface area (TPSA) is 52.6 Å². The molecule has 1 rings (SSSR count). The van der Waals surface area contributed by atoms with E-state index in [1.165, 1.54) is 0 Å². The van der Waals surface area contributed by atoms with E-state index in [2.05, 4.69) is 31.1 Å². The normalized spacial score (nSPS) is 28.9. The molecule has 0 aromatic heterocycles. The largest absolute Gasteiger partial charge is 0.480 e. The Morgan fingerprint density at radius 2 is 2.11 bits per heavy atom. The van der Waals surface area contributed by atoms with Gasteiger partial charge in [0.1, 0.15) is 5.54 Å². The van der Waals surface area contributed by atoms with Gasteiger partial charge in [0.15, 0.2) is 0 Å². The van der Waals surface area contributed by atoms with Crippen molar-refractivity contribution in [2.75, 3.05) is 14.1 Å². The summed E-state index contributed by atoms with van der Waals surface area (Å²) in [5.74, 6) is -0.701. The van der Waals surface area contributed by atoms with Crippen LogP contribution in [0.4, 0.5) is 0 Å². The summed E-state index contributed by atoms with van der Waals surface area (Å²) in [4.78, 5) is 13.9. The predicted octanol–water partition coefficient (Wildman–Crippen LogP) is 2.09. The van der Waals surface area contributed by atoms with Crippen molar-refractivity contribution in [3.8, 4) is 0 Å². The van der Waals surface area contributed by atoms with E-state index < -0.39 is 11.5 Å². The summed E-state index contributed by atoms with van der Waals surface area (Å²) >= 11 is 0. The van der Waals surface area contributed by atoms with Crippen LogP contribution in [0.3, 0.4) is 0 Å². The number of carboxylic acids is 1. The van der Waals surface area contributed by atoms with Gasteiger partial charge in [-0.3, -0.25) is 4.79 Å². The second-order valence-corrected chi connectivity index (χ2v) is 5.52. The molecule has 0 aromatic rings. The minimum atomic E-state index is -0.719. The van der Waals surface area contributed by atoms with Crippen molar-refractivity contribution in [1.29, 1.82) is 0 Å². The summed E-state index contributed by atoms with van der Waals surface area (Å²) in [6.45, 7) is 4.41. The Hall–Kier alpha value is -0.610. The molecule has 18 heavy (non-hydrogen) atoms. The van der Waals surface area contributed by atoms with Crippen LogP contribution in [-0.4, -0.2) is 47.7 Å². The maximum absolute atomic E-state index is 11.5. The molecule has 0 amide bonds. The van der Waals surface area contributed by atoms with Gasteiger partial charge in [-0.15, -0.1) is 0 Å². The van der Waals surface area contributed by atoms with E-state index in [1.54, 1.807) is 7.05 Å². The molecule has 0 aromatic carbocycles. The lowest BCUT2D eigenvalue weighted by atomic mass is 9.78. The Morgan fingerprint density at radius 1 is 1.50 bits per heavy atom. The zero-order valence-corrected chi connectivity index (χ0v) is 12.2. The first-order chi connectivity index (χ1) is 8.50. The lowest BCUT2D eigenvalue weighted by Gasteiger charge is -2.43. The second kappa shape index (κ2) is 6.53. The fourth-order valence-electron chi connectivity index (χ4n) is 3.28. The highest BCUT2D eigenvalue weighted by atomic mass is 16.4. The molecule has 0 bridgehead atoms. The van der Waals surface area contributed by atoms with Crippen molar-refractivity contribution in [3.05, 3.63) is 0 Å². The second-order valence-electron chi connectivity index (χ2n) is 5.52. The van der Waals surface area contributed by atoms with E-state index in [-0.39, 0.29) is 0 Å². The molecule has 4 nitrogen and oxygen atoms in total. The molecule has 4 heteroatoms. The molecular formula is C14H28N2O2. The van der Waals surface area contributed by atoms with Crippen molar-refractivity contribution < 1.29 is 9.90 Å². The SMILES string of the molecule is CCC(CC)N(C)C1CCCC(NC)(C(=O)O)C1. The number of hydrogen-bond donors (Lipinski definition) is 2. The summed E-state index contributed by atoms with van der Waals surface area (Å²) in [6, 6.07) is 0.948. The first-order valence-corrected chi connectivity index (χ1v) is 7.15. The lowest BCUT2D eigenvalue weighted by molar-refractivity contribution is -0.147. The zero-order chi connectivity index (χ0) is 13.8. The van der Waals surface area contributed by atoms with Gasteiger partial charge in [0.25, 0.3) is 0 Å². The maximum atomic E-state index is 11.5. The molecule has 2 unspecified atom stereocenters. The molecule has 1 saturated carbocycles. The van der Waals surface area contributed by atoms with Gasteiger partial charge in [-0.2, -0.15) is 0 Å². The third-order valence-corrected chi connectivity index (χ3v) is 4.71. The van der Waals surface area contributed by atoms with Crippen LogP contribution in [0.2, 0.25) is 0 Å². The number of carbonyl (C=O) groups is 1. The van der Waals surface area contributed by atoms with E-state index in [0.29, 0.717) is 18.5 Å². The molecule has 0 aliphatic heterocycles. The Labute approximate surface area is 111 Å². The van der Waals surface area contributed by atoms with Crippen LogP contribution in [0.1, 0.15) is 52.4 Å². The highest BCUT2D eigenvalue weighted by Crippen LogP contribution is 2.32. The monoisotopic (exact) mass is 256 g/mol. The smallest absolute Gasteiger partial charge is 0.323 e. The summed E-state index contributed by atoms with van der Waals surface area (Å²) < 4.78 is 0. The van der Waals surface area contributed by atoms with Crippen LogP contribution in [0.15, 0.2) is 0 Å². The number of hydrogen-bond acceptors (Lipinski definition) is 3. The fourth-order valence-corrected chi connectivity index (χ4v) is 3.28. The van der Waals surface area contributed by atoms with Crippen LogP contribution in [0, 0.1) is 0 Å². The molecule has 0 heterocycles. The number of likely N-dealkylation sites (N-methyl/N-ethyl adjacent to an activating group) is 1. The average molecular weight is 256 g/mol. The number of carboxylic acid groups (broad SMARTS) is 1. The van der Waals surface area contributed by atoms with Crippen molar-refractivity contribution in [3.63, 3.8) is 0 Å². The fraction of sp³-hybridized carbons (Fsp3) is 0.929. The molecule has 2 N–H and O–H groups in total. The molecule has 1 fully saturated rings. The average Bonchev–Trinajstić information content (AvgIpc) is 2.39. The van der Waals surface area contributed by atoms with Crippen molar-refractivity contribution in [2.24, 2.45) is 0 Å². The number of aliphatic carboxylic acids is 1. The third-order valence-electron chi connectivity index (χ3n) is 4.71. The van der Waals surface area contributed by atoms with Gasteiger partial charge in [-0.05, 0) is 52.6 Å². The molecule has 2 atom stereocenters. The van der Waals surface area contributed by atoms with Gasteiger partial charge in [0.2, 0.25) is 0 Å². The van der Waals surface area contributed by atoms with Crippen LogP contribution < -0.4 is 5.32 Å². The summed E-state index contributed by atoms with van der Waals surface area (Å²) in [7, 11) is 3.92. The van der Waals surface area contributed by atoms with E-state index in [1.807, 2.05) is 0 Å². The minimum Gasteiger partial charge on any atom is -0.480 e. The summed E-state index contributed by atoms with van der Waals surface area (Å²) in [5.41, 5.74) is -0.719. The van der Waals surface area contributed by atoms with Crippen LogP contribution in [0.25, 0.3) is 0 Å². The Kier molecular flexibility index (Phi) is 5.60. The van der Waals surface area contributed by atoms with Gasteiger partial charge in [0.05, 0.1) is 0 Å². The van der Waals surface area contributed by atoms with E-state index >= 15 is 0 Å². The molecule has 0 spiro atoms. The minimum absolute atomic E-state index is 0.382. The predicted molar refractivity (Wildman–Crippen MR) is 73.8 cm³/mol. The quantitative estimate of drug-likeness (QED) is 0.764. The highest BCUT2D eigenvalue weighted by Gasteiger charge is 2.43. The standard InChI is InChI=1S/C14H28N2O2/c1-5-11(6-2)16(4)12-8-7-9-14(10-12,15-3)13(17)18/h11-12,15H,5-10H2,1-4H3,(H,17,18). The zero-order valence-electron chi connectivity index (χ0n) is 12.2. The maximum Gasteiger partial charge on any atom is 0.323 e. The molecule has 1 aliphatic rings. The molecular weight excluding hydrogens is 228 g/mol. The lowest BCUT2D eigenvalue weighted by Crippen LogP contribution is -2.57. The Morgan fingerprint density at radius 3 is 2.56 bits per heavy atom. The van der Waals surface area contributed by atoms with Crippen molar-refractivity contribution in [2.45, 2.75) is 70.0 Å². The highest BCUT2D eigenvalue weighted by molar-refractivity contribution is 5.79. The van der Waals surface area contributed by atoms with Gasteiger partial charge in [-0.1, -0.05) is 13.8 Å². The van der Waals surface area contributed by atoms with E-state index in [9.17, 15) is 9.90 Å². The Bertz CT molecular complexity index is 279. The molecule has 106 valence electrons. The summed E-state index contributed by atoms with van der Waals surface area (Å²) in [5, 5.41) is 12.5. The molecule has 0 radical (unpaired) electrons. The Balaban J connectivity index is 2.76. The number of nitrogens with zero attached hydrogens (tertiary/aromatic N) is 1. The van der Waals surface area contributed by atoms with Crippen molar-refractivity contribution in [1.82, 2.24) is 10.2 Å². The first-order valence-electron chi connectivity index (χ1n) is 7.15. The van der Waals surface area contributed by atoms with Crippen LogP contribution in [-0.2, 0) is 4.79 Å². The van der Waals surface area contributed by atoms with E-state index in [0.717, 1.165) is 32.1 Å². The van der Waals surface area contributed by atoms with Gasteiger partial charge >= 0.3 is 5.97 Å². The van der Waals surface area contributed by atoms with Gasteiger partial charge < -0.3 is 15.3 Å². The number of nitrogens with one attached hydrogen (secondary N) is 1. The van der Waals surface area contributed by atoms with E-state index in [4.69, 9.17) is 0 Å². The van der Waals surface area contributed by atoms with Crippen molar-refractivity contribution >= 4 is 5.97 Å². The molecule has 1 aliphatic carbocycles. The van der Waals surface area contributed by atoms with Crippen LogP contribution >= 0.6 is 0 Å². The summed E-state index contributed by atoms with van der Waals surface area (Å²) in [6.07, 6.45) is 5.82. The molecule has 0 saturated heterocycles. The number of rotatable bonds is 6. The first kappa shape index (κ1) is 15.4. The van der Waals surface area contributed by atoms with Gasteiger partial charge in [0, 0.05) is 12.1 Å². The van der Waals surface area contributed by atoms with Gasteiger partial charge in [-0.25, -0.2) is 0 Å².